The van der Waals surface area contributed by atoms with Gasteiger partial charge in [-0.05, 0) is 5.53 Å². The molecule has 0 aliphatic carbocycles. The topological polar surface area (TPSA) is 101 Å². The summed E-state index contributed by atoms with van der Waals surface area (Å²) >= 11 is 0. The van der Waals surface area contributed by atoms with E-state index in [1.807, 2.05) is 0 Å². The minimum Gasteiger partial charge on any atom is -0.459 e. The maximum absolute atomic E-state index is 10.4. The molecule has 0 aliphatic rings. The predicted molar refractivity (Wildman–Crippen MR) is 41.7 cm³/mol. The van der Waals surface area contributed by atoms with Crippen molar-refractivity contribution >= 4 is 12.1 Å². The summed E-state index contributed by atoms with van der Waals surface area (Å²) < 4.78 is 8.76. The quantitative estimate of drug-likeness (QED) is 0.164. The minimum absolute atomic E-state index is 0.0997. The number of amides is 1. The molecule has 7 nitrogen and oxygen atoms in total. The van der Waals surface area contributed by atoms with Gasteiger partial charge in [0, 0.05) is 16.1 Å². The minimum atomic E-state index is -1.06. The van der Waals surface area contributed by atoms with Crippen LogP contribution >= 0.6 is 0 Å². The van der Waals surface area contributed by atoms with E-state index in [-0.39, 0.29) is 13.2 Å². The molecule has 0 rings (SSSR count). The van der Waals surface area contributed by atoms with Crippen LogP contribution < -0.4 is 0 Å². The van der Waals surface area contributed by atoms with Gasteiger partial charge in [-0.15, -0.1) is 0 Å². The van der Waals surface area contributed by atoms with E-state index in [1.54, 1.807) is 0 Å². The second kappa shape index (κ2) is 6.68. The Labute approximate surface area is 73.6 Å². The van der Waals surface area contributed by atoms with Crippen molar-refractivity contribution in [3.05, 3.63) is 23.1 Å². The number of azide groups is 1. The number of hydrogen-bond acceptors (Lipinski definition) is 4. The van der Waals surface area contributed by atoms with Crippen LogP contribution in [0.15, 0.2) is 17.8 Å². The molecule has 13 heavy (non-hydrogen) atoms. The number of carbonyl (C=O) groups excluding carboxylic acids is 2. The first-order chi connectivity index (χ1) is 6.20. The summed E-state index contributed by atoms with van der Waals surface area (Å²) in [6.45, 7) is 2.90. The molecule has 7 heteroatoms. The van der Waals surface area contributed by atoms with Crippen LogP contribution in [0, 0.1) is 0 Å². The van der Waals surface area contributed by atoms with Crippen molar-refractivity contribution in [1.29, 1.82) is 0 Å². The fourth-order valence-corrected chi connectivity index (χ4v) is 0.396. The first kappa shape index (κ1) is 11.0. The summed E-state index contributed by atoms with van der Waals surface area (Å²) in [5.41, 5.74) is 7.78. The van der Waals surface area contributed by atoms with Gasteiger partial charge in [-0.1, -0.05) is 6.58 Å². The van der Waals surface area contributed by atoms with Crippen molar-refractivity contribution in [2.75, 3.05) is 13.2 Å². The van der Waals surface area contributed by atoms with E-state index < -0.39 is 12.1 Å². The average molecular weight is 185 g/mol. The maximum atomic E-state index is 10.4. The van der Waals surface area contributed by atoms with E-state index in [0.29, 0.717) is 0 Å². The van der Waals surface area contributed by atoms with Gasteiger partial charge >= 0.3 is 12.1 Å². The number of rotatable bonds is 4. The van der Waals surface area contributed by atoms with E-state index >= 15 is 0 Å². The monoisotopic (exact) mass is 185 g/mol. The van der Waals surface area contributed by atoms with E-state index in [2.05, 4.69) is 26.1 Å². The van der Waals surface area contributed by atoms with Crippen molar-refractivity contribution in [2.24, 2.45) is 5.11 Å². The van der Waals surface area contributed by atoms with Gasteiger partial charge in [0.05, 0.1) is 0 Å². The maximum Gasteiger partial charge on any atom is 0.396 e. The molecule has 0 aromatic heterocycles. The van der Waals surface area contributed by atoms with Crippen LogP contribution in [-0.4, -0.2) is 25.3 Å². The molecule has 0 unspecified atom stereocenters. The highest BCUT2D eigenvalue weighted by atomic mass is 16.6. The number of esters is 1. The largest absolute Gasteiger partial charge is 0.459 e. The summed E-state index contributed by atoms with van der Waals surface area (Å²) in [5.74, 6) is -0.611. The Bertz CT molecular complexity index is 257. The summed E-state index contributed by atoms with van der Waals surface area (Å²) in [5, 5.41) is 2.62. The lowest BCUT2D eigenvalue weighted by Crippen LogP contribution is -2.10. The zero-order valence-electron chi connectivity index (χ0n) is 6.67. The van der Waals surface area contributed by atoms with E-state index in [1.165, 1.54) is 0 Å². The molecule has 70 valence electrons. The molecule has 0 fully saturated rings. The lowest BCUT2D eigenvalue weighted by Gasteiger charge is -2.00. The van der Waals surface area contributed by atoms with Crippen LogP contribution in [-0.2, 0) is 14.3 Å². The standard InChI is InChI=1S/C6H7N3O4/c1-2-5(10)12-3-4-13-6(11)8-9-7/h2H,1,3-4H2. The summed E-state index contributed by atoms with van der Waals surface area (Å²) in [6, 6.07) is 0. The number of nitrogens with zero attached hydrogens (tertiary/aromatic N) is 3. The van der Waals surface area contributed by atoms with Gasteiger partial charge in [-0.2, -0.15) is 0 Å². The first-order valence-electron chi connectivity index (χ1n) is 3.21. The first-order valence-corrected chi connectivity index (χ1v) is 3.21. The second-order valence-corrected chi connectivity index (χ2v) is 1.68. The fraction of sp³-hybridized carbons (Fsp3) is 0.333. The summed E-state index contributed by atoms with van der Waals surface area (Å²) in [6.07, 6.45) is -0.0768. The predicted octanol–water partition coefficient (Wildman–Crippen LogP) is 1.16. The van der Waals surface area contributed by atoms with Crippen molar-refractivity contribution in [1.82, 2.24) is 0 Å². The molecule has 0 spiro atoms. The molecule has 0 saturated heterocycles. The number of ether oxygens (including phenoxy) is 2. The molecule has 0 bridgehead atoms. The van der Waals surface area contributed by atoms with Gasteiger partial charge in [0.1, 0.15) is 13.2 Å². The molecule has 0 atom stereocenters. The molecular weight excluding hydrogens is 178 g/mol. The molecule has 0 aromatic carbocycles. The van der Waals surface area contributed by atoms with Crippen molar-refractivity contribution in [3.63, 3.8) is 0 Å². The van der Waals surface area contributed by atoms with Crippen LogP contribution in [0.3, 0.4) is 0 Å². The molecule has 1 amide bonds. The van der Waals surface area contributed by atoms with Gasteiger partial charge in [-0.25, -0.2) is 9.59 Å². The van der Waals surface area contributed by atoms with E-state index in [4.69, 9.17) is 5.53 Å². The Morgan fingerprint density at radius 3 is 2.62 bits per heavy atom. The van der Waals surface area contributed by atoms with Crippen molar-refractivity contribution in [3.8, 4) is 0 Å². The molecule has 0 heterocycles. The van der Waals surface area contributed by atoms with Gasteiger partial charge in [-0.3, -0.25) is 0 Å². The summed E-state index contributed by atoms with van der Waals surface area (Å²) in [4.78, 5) is 23.0. The van der Waals surface area contributed by atoms with Gasteiger partial charge < -0.3 is 9.47 Å². The zero-order chi connectivity index (χ0) is 10.1. The van der Waals surface area contributed by atoms with E-state index in [0.717, 1.165) is 6.08 Å². The van der Waals surface area contributed by atoms with E-state index in [9.17, 15) is 9.59 Å². The van der Waals surface area contributed by atoms with Gasteiger partial charge in [0.2, 0.25) is 0 Å². The van der Waals surface area contributed by atoms with Crippen LogP contribution in [0.1, 0.15) is 0 Å². The van der Waals surface area contributed by atoms with Gasteiger partial charge in [0.15, 0.2) is 0 Å². The third-order valence-electron chi connectivity index (χ3n) is 0.846. The highest BCUT2D eigenvalue weighted by Gasteiger charge is 1.98. The van der Waals surface area contributed by atoms with Crippen LogP contribution in [0.4, 0.5) is 4.79 Å². The Morgan fingerprint density at radius 1 is 1.46 bits per heavy atom. The van der Waals surface area contributed by atoms with Crippen molar-refractivity contribution in [2.45, 2.75) is 0 Å². The third kappa shape index (κ3) is 6.39. The van der Waals surface area contributed by atoms with Gasteiger partial charge in [0.25, 0.3) is 0 Å². The smallest absolute Gasteiger partial charge is 0.396 e. The highest BCUT2D eigenvalue weighted by molar-refractivity contribution is 5.81. The second-order valence-electron chi connectivity index (χ2n) is 1.68. The van der Waals surface area contributed by atoms with Crippen molar-refractivity contribution < 1.29 is 19.1 Å². The Balaban J connectivity index is 3.46. The number of carbonyl (C=O) groups is 2. The zero-order valence-corrected chi connectivity index (χ0v) is 6.67. The van der Waals surface area contributed by atoms with Crippen LogP contribution in [0.25, 0.3) is 10.4 Å². The Morgan fingerprint density at radius 2 is 2.08 bits per heavy atom. The summed E-state index contributed by atoms with van der Waals surface area (Å²) in [7, 11) is 0. The van der Waals surface area contributed by atoms with Crippen LogP contribution in [0.2, 0.25) is 0 Å². The average Bonchev–Trinajstić information content (AvgIpc) is 2.12. The molecule has 0 aromatic rings. The highest BCUT2D eigenvalue weighted by Crippen LogP contribution is 1.85. The molecular formula is C6H7N3O4. The normalized spacial score (nSPS) is 8.00. The third-order valence-corrected chi connectivity index (χ3v) is 0.846. The lowest BCUT2D eigenvalue weighted by atomic mass is 10.6. The fourth-order valence-electron chi connectivity index (χ4n) is 0.396. The SMILES string of the molecule is C=CC(=O)OCCOC(=O)N=[N+]=[N-]. The number of hydrogen-bond donors (Lipinski definition) is 0. The Hall–Kier alpha value is -2.01. The van der Waals surface area contributed by atoms with Crippen LogP contribution in [0.5, 0.6) is 0 Å². The Kier molecular flexibility index (Phi) is 5.65. The molecule has 0 saturated carbocycles. The lowest BCUT2D eigenvalue weighted by molar-refractivity contribution is -0.138. The molecule has 0 aliphatic heterocycles. The molecule has 0 N–H and O–H groups in total. The molecule has 0 radical (unpaired) electrons.